The molecule has 5 heteroatoms. The molecule has 0 aliphatic carbocycles. The summed E-state index contributed by atoms with van der Waals surface area (Å²) in [5.41, 5.74) is 4.29. The second kappa shape index (κ2) is 6.86. The third-order valence-corrected chi connectivity index (χ3v) is 3.65. The number of carboxylic acids is 1. The molecule has 1 aromatic heterocycles. The Hall–Kier alpha value is -2.30. The second-order valence-electron chi connectivity index (χ2n) is 6.87. The topological polar surface area (TPSA) is 67.2 Å². The average molecular weight is 315 g/mol. The molecule has 23 heavy (non-hydrogen) atoms. The number of benzene rings is 1. The predicted octanol–water partition coefficient (Wildman–Crippen LogP) is 3.35. The van der Waals surface area contributed by atoms with Gasteiger partial charge < -0.3 is 10.4 Å². The van der Waals surface area contributed by atoms with E-state index >= 15 is 0 Å². The highest BCUT2D eigenvalue weighted by atomic mass is 16.4. The Morgan fingerprint density at radius 2 is 2.09 bits per heavy atom. The van der Waals surface area contributed by atoms with Gasteiger partial charge in [0.1, 0.15) is 0 Å². The van der Waals surface area contributed by atoms with E-state index in [0.29, 0.717) is 13.0 Å². The number of aryl methyl sites for hydroxylation is 2. The van der Waals surface area contributed by atoms with Gasteiger partial charge in [0.15, 0.2) is 0 Å². The molecule has 1 aromatic carbocycles. The van der Waals surface area contributed by atoms with E-state index in [1.807, 2.05) is 42.2 Å². The zero-order valence-electron chi connectivity index (χ0n) is 14.3. The first-order chi connectivity index (χ1) is 10.8. The van der Waals surface area contributed by atoms with E-state index in [2.05, 4.69) is 31.2 Å². The summed E-state index contributed by atoms with van der Waals surface area (Å²) in [6.07, 6.45) is 2.74. The third-order valence-electron chi connectivity index (χ3n) is 3.65. The summed E-state index contributed by atoms with van der Waals surface area (Å²) in [7, 11) is 1.94. The lowest BCUT2D eigenvalue weighted by Gasteiger charge is -2.18. The molecular formula is C18H25N3O2. The summed E-state index contributed by atoms with van der Waals surface area (Å²) in [4.78, 5) is 10.7. The second-order valence-corrected chi connectivity index (χ2v) is 6.87. The van der Waals surface area contributed by atoms with E-state index in [1.54, 1.807) is 0 Å². The molecule has 0 fully saturated rings. The van der Waals surface area contributed by atoms with Crippen LogP contribution >= 0.6 is 0 Å². The van der Waals surface area contributed by atoms with Crippen molar-refractivity contribution in [3.05, 3.63) is 47.3 Å². The highest BCUT2D eigenvalue weighted by molar-refractivity contribution is 5.67. The third kappa shape index (κ3) is 4.84. The molecule has 0 saturated heterocycles. The van der Waals surface area contributed by atoms with Gasteiger partial charge in [-0.05, 0) is 24.1 Å². The quantitative estimate of drug-likeness (QED) is 0.858. The summed E-state index contributed by atoms with van der Waals surface area (Å²) in [6, 6.07) is 7.92. The molecule has 1 heterocycles. The molecule has 2 aromatic rings. The van der Waals surface area contributed by atoms with Crippen molar-refractivity contribution in [3.63, 3.8) is 0 Å². The molecule has 0 radical (unpaired) electrons. The van der Waals surface area contributed by atoms with E-state index in [4.69, 9.17) is 5.11 Å². The lowest BCUT2D eigenvalue weighted by molar-refractivity contribution is -0.136. The Bertz CT molecular complexity index is 684. The first kappa shape index (κ1) is 17.1. The first-order valence-electron chi connectivity index (χ1n) is 7.83. The van der Waals surface area contributed by atoms with Gasteiger partial charge in [0, 0.05) is 42.9 Å². The highest BCUT2D eigenvalue weighted by Crippen LogP contribution is 2.25. The zero-order chi connectivity index (χ0) is 17.0. The van der Waals surface area contributed by atoms with Crippen molar-refractivity contribution in [1.29, 1.82) is 0 Å². The maximum absolute atomic E-state index is 10.7. The average Bonchev–Trinajstić information content (AvgIpc) is 2.85. The fraction of sp³-hybridized carbons (Fsp3) is 0.444. The van der Waals surface area contributed by atoms with Crippen molar-refractivity contribution in [2.75, 3.05) is 5.32 Å². The Balaban J connectivity index is 2.07. The predicted molar refractivity (Wildman–Crippen MR) is 91.6 cm³/mol. The molecule has 124 valence electrons. The minimum atomic E-state index is -0.770. The number of rotatable bonds is 6. The normalized spacial score (nSPS) is 11.5. The Morgan fingerprint density at radius 1 is 1.35 bits per heavy atom. The van der Waals surface area contributed by atoms with E-state index < -0.39 is 5.97 Å². The highest BCUT2D eigenvalue weighted by Gasteiger charge is 2.21. The molecule has 0 bridgehead atoms. The van der Waals surface area contributed by atoms with E-state index in [1.165, 1.54) is 5.56 Å². The van der Waals surface area contributed by atoms with Gasteiger partial charge in [-0.15, -0.1) is 0 Å². The van der Waals surface area contributed by atoms with E-state index in [9.17, 15) is 4.79 Å². The first-order valence-corrected chi connectivity index (χ1v) is 7.83. The van der Waals surface area contributed by atoms with Gasteiger partial charge in [0.25, 0.3) is 0 Å². The molecule has 0 unspecified atom stereocenters. The molecular weight excluding hydrogens is 290 g/mol. The van der Waals surface area contributed by atoms with Gasteiger partial charge >= 0.3 is 5.97 Å². The summed E-state index contributed by atoms with van der Waals surface area (Å²) in [5, 5.41) is 16.8. The number of carbonyl (C=O) groups is 1. The van der Waals surface area contributed by atoms with Crippen LogP contribution < -0.4 is 5.32 Å². The van der Waals surface area contributed by atoms with Gasteiger partial charge in [-0.2, -0.15) is 5.10 Å². The molecule has 5 nitrogen and oxygen atoms in total. The molecule has 0 atom stereocenters. The standard InChI is InChI=1S/C18H25N3O2/c1-18(2,3)17-14(12-21(4)20-17)11-19-15-7-5-6-13(10-15)8-9-16(22)23/h5-7,10,12,19H,8-9,11H2,1-4H3,(H,22,23). The van der Waals surface area contributed by atoms with Crippen LogP contribution in [-0.2, 0) is 30.2 Å². The van der Waals surface area contributed by atoms with Crippen LogP contribution in [0.15, 0.2) is 30.5 Å². The van der Waals surface area contributed by atoms with Crippen molar-refractivity contribution < 1.29 is 9.90 Å². The number of hydrogen-bond acceptors (Lipinski definition) is 3. The van der Waals surface area contributed by atoms with Gasteiger partial charge in [-0.25, -0.2) is 0 Å². The van der Waals surface area contributed by atoms with Crippen molar-refractivity contribution in [3.8, 4) is 0 Å². The monoisotopic (exact) mass is 315 g/mol. The van der Waals surface area contributed by atoms with Crippen LogP contribution in [0.2, 0.25) is 0 Å². The largest absolute Gasteiger partial charge is 0.481 e. The maximum atomic E-state index is 10.7. The molecule has 0 aliphatic rings. The summed E-state index contributed by atoms with van der Waals surface area (Å²) in [6.45, 7) is 7.17. The van der Waals surface area contributed by atoms with Crippen LogP contribution in [0.25, 0.3) is 0 Å². The number of anilines is 1. The number of aromatic nitrogens is 2. The molecule has 2 N–H and O–H groups in total. The van der Waals surface area contributed by atoms with Crippen molar-refractivity contribution in [2.24, 2.45) is 7.05 Å². The van der Waals surface area contributed by atoms with Crippen LogP contribution in [0.3, 0.4) is 0 Å². The summed E-state index contributed by atoms with van der Waals surface area (Å²) < 4.78 is 1.85. The molecule has 2 rings (SSSR count). The lowest BCUT2D eigenvalue weighted by Crippen LogP contribution is -2.16. The van der Waals surface area contributed by atoms with Crippen LogP contribution in [0.5, 0.6) is 0 Å². The number of hydrogen-bond donors (Lipinski definition) is 2. The fourth-order valence-electron chi connectivity index (χ4n) is 2.58. The van der Waals surface area contributed by atoms with Crippen LogP contribution in [-0.4, -0.2) is 20.9 Å². The van der Waals surface area contributed by atoms with Crippen molar-refractivity contribution in [2.45, 2.75) is 45.6 Å². The SMILES string of the molecule is Cn1cc(CNc2cccc(CCC(=O)O)c2)c(C(C)(C)C)n1. The molecule has 0 saturated carbocycles. The number of aliphatic carboxylic acids is 1. The molecule has 0 amide bonds. The minimum Gasteiger partial charge on any atom is -0.481 e. The van der Waals surface area contributed by atoms with Gasteiger partial charge in [0.05, 0.1) is 5.69 Å². The molecule has 0 spiro atoms. The Labute approximate surface area is 137 Å². The zero-order valence-corrected chi connectivity index (χ0v) is 14.3. The summed E-state index contributed by atoms with van der Waals surface area (Å²) in [5.74, 6) is -0.770. The van der Waals surface area contributed by atoms with Crippen LogP contribution in [0, 0.1) is 0 Å². The fourth-order valence-corrected chi connectivity index (χ4v) is 2.58. The smallest absolute Gasteiger partial charge is 0.303 e. The number of nitrogens with zero attached hydrogens (tertiary/aromatic N) is 2. The van der Waals surface area contributed by atoms with Gasteiger partial charge in [-0.3, -0.25) is 9.48 Å². The molecule has 0 aliphatic heterocycles. The summed E-state index contributed by atoms with van der Waals surface area (Å²) >= 11 is 0. The maximum Gasteiger partial charge on any atom is 0.303 e. The van der Waals surface area contributed by atoms with Crippen LogP contribution in [0.4, 0.5) is 5.69 Å². The lowest BCUT2D eigenvalue weighted by atomic mass is 9.89. The van der Waals surface area contributed by atoms with Crippen molar-refractivity contribution in [1.82, 2.24) is 9.78 Å². The number of nitrogens with one attached hydrogen (secondary N) is 1. The minimum absolute atomic E-state index is 0.00160. The van der Waals surface area contributed by atoms with Crippen molar-refractivity contribution >= 4 is 11.7 Å². The van der Waals surface area contributed by atoms with Crippen LogP contribution in [0.1, 0.15) is 44.0 Å². The van der Waals surface area contributed by atoms with E-state index in [-0.39, 0.29) is 11.8 Å². The van der Waals surface area contributed by atoms with Gasteiger partial charge in [-0.1, -0.05) is 32.9 Å². The van der Waals surface area contributed by atoms with Gasteiger partial charge in [0.2, 0.25) is 0 Å². The number of carboxylic acid groups (broad SMARTS) is 1. The Morgan fingerprint density at radius 3 is 2.74 bits per heavy atom. The van der Waals surface area contributed by atoms with E-state index in [0.717, 1.165) is 16.9 Å². The Kier molecular flexibility index (Phi) is 5.08.